The summed E-state index contributed by atoms with van der Waals surface area (Å²) in [6.45, 7) is 5.87. The zero-order valence-electron chi connectivity index (χ0n) is 17.1. The lowest BCUT2D eigenvalue weighted by Gasteiger charge is -2.08. The van der Waals surface area contributed by atoms with Gasteiger partial charge in [-0.1, -0.05) is 6.92 Å². The van der Waals surface area contributed by atoms with E-state index in [0.717, 1.165) is 60.2 Å². The molecule has 2 unspecified atom stereocenters. The summed E-state index contributed by atoms with van der Waals surface area (Å²) < 4.78 is 24.0. The topological polar surface area (TPSA) is 61.3 Å². The maximum atomic E-state index is 5.76. The van der Waals surface area contributed by atoms with E-state index in [9.17, 15) is 0 Å². The quantitative estimate of drug-likeness (QED) is 0.473. The van der Waals surface area contributed by atoms with Gasteiger partial charge >= 0.3 is 0 Å². The molecule has 6 heteroatoms. The number of hydrogen-bond donors (Lipinski definition) is 0. The van der Waals surface area contributed by atoms with Crippen LogP contribution < -0.4 is 9.47 Å². The molecule has 5 rings (SSSR count). The Bertz CT molecular complexity index is 973. The molecule has 0 spiro atoms. The van der Waals surface area contributed by atoms with E-state index in [-0.39, 0.29) is 12.2 Å². The van der Waals surface area contributed by atoms with E-state index >= 15 is 0 Å². The normalized spacial score (nSPS) is 19.5. The first-order valence-corrected chi connectivity index (χ1v) is 10.6. The van der Waals surface area contributed by atoms with Crippen LogP contribution in [0.1, 0.15) is 13.3 Å². The van der Waals surface area contributed by atoms with Crippen molar-refractivity contribution in [2.75, 3.05) is 26.4 Å². The second-order valence-corrected chi connectivity index (χ2v) is 7.72. The van der Waals surface area contributed by atoms with E-state index in [0.29, 0.717) is 13.2 Å². The fourth-order valence-electron chi connectivity index (χ4n) is 3.32. The van der Waals surface area contributed by atoms with Crippen LogP contribution in [-0.2, 0) is 16.0 Å². The molecule has 156 valence electrons. The Morgan fingerprint density at radius 2 is 1.40 bits per heavy atom. The largest absolute Gasteiger partial charge is 0.491 e. The van der Waals surface area contributed by atoms with Crippen molar-refractivity contribution in [2.24, 2.45) is 0 Å². The Hall–Kier alpha value is -2.83. The fourth-order valence-corrected chi connectivity index (χ4v) is 3.32. The van der Waals surface area contributed by atoms with Gasteiger partial charge in [0.1, 0.15) is 36.9 Å². The molecule has 0 N–H and O–H groups in total. The molecule has 3 heterocycles. The average molecular weight is 406 g/mol. The van der Waals surface area contributed by atoms with Gasteiger partial charge in [-0.15, -0.1) is 0 Å². The molecule has 1 aromatic heterocycles. The average Bonchev–Trinajstić information content (AvgIpc) is 3.71. The second kappa shape index (κ2) is 8.50. The third kappa shape index (κ3) is 4.66. The number of aryl methyl sites for hydroxylation is 1. The first-order valence-electron chi connectivity index (χ1n) is 10.6. The molecular weight excluding hydrogens is 380 g/mol. The minimum absolute atomic E-state index is 0.260. The Balaban J connectivity index is 1.33. The van der Waals surface area contributed by atoms with E-state index in [2.05, 4.69) is 41.9 Å². The molecule has 2 atom stereocenters. The first-order chi connectivity index (χ1) is 14.8. The molecule has 6 nitrogen and oxygen atoms in total. The number of epoxide rings is 2. The van der Waals surface area contributed by atoms with Crippen molar-refractivity contribution in [1.29, 1.82) is 0 Å². The highest BCUT2D eigenvalue weighted by Gasteiger charge is 2.23. The van der Waals surface area contributed by atoms with Gasteiger partial charge in [0.15, 0.2) is 0 Å². The molecule has 2 fully saturated rings. The number of benzene rings is 2. The van der Waals surface area contributed by atoms with Crippen LogP contribution in [0, 0.1) is 0 Å². The number of rotatable bonds is 10. The molecule has 0 saturated carbocycles. The molecule has 0 radical (unpaired) electrons. The standard InChI is InChI=1S/C24H26N2O4/c1-2-11-26-24(18-5-9-20(10-6-18)28-14-22-16-30-22)12-23(25-26)17-3-7-19(8-4-17)27-13-21-15-29-21/h3-10,12,21-22H,2,11,13-16H2,1H3. The summed E-state index contributed by atoms with van der Waals surface area (Å²) in [5.74, 6) is 1.72. The minimum atomic E-state index is 0.260. The SMILES string of the molecule is CCCn1nc(-c2ccc(OCC3CO3)cc2)cc1-c1ccc(OCC2CO2)cc1. The highest BCUT2D eigenvalue weighted by Crippen LogP contribution is 2.29. The lowest BCUT2D eigenvalue weighted by atomic mass is 10.1. The van der Waals surface area contributed by atoms with Gasteiger partial charge in [-0.25, -0.2) is 0 Å². The van der Waals surface area contributed by atoms with Gasteiger partial charge in [0.2, 0.25) is 0 Å². The first kappa shape index (κ1) is 19.2. The van der Waals surface area contributed by atoms with Crippen molar-refractivity contribution in [3.05, 3.63) is 54.6 Å². The lowest BCUT2D eigenvalue weighted by Crippen LogP contribution is -2.04. The van der Waals surface area contributed by atoms with Gasteiger partial charge in [0.05, 0.1) is 24.6 Å². The molecule has 2 aliphatic heterocycles. The summed E-state index contributed by atoms with van der Waals surface area (Å²) in [6.07, 6.45) is 1.54. The molecule has 3 aromatic rings. The minimum Gasteiger partial charge on any atom is -0.491 e. The fraction of sp³-hybridized carbons (Fsp3) is 0.375. The highest BCUT2D eigenvalue weighted by molar-refractivity contribution is 5.69. The van der Waals surface area contributed by atoms with E-state index in [4.69, 9.17) is 24.0 Å². The predicted molar refractivity (Wildman–Crippen MR) is 114 cm³/mol. The number of hydrogen-bond acceptors (Lipinski definition) is 5. The Kier molecular flexibility index (Phi) is 5.43. The third-order valence-electron chi connectivity index (χ3n) is 5.19. The van der Waals surface area contributed by atoms with Crippen molar-refractivity contribution in [3.63, 3.8) is 0 Å². The van der Waals surface area contributed by atoms with Crippen LogP contribution in [0.3, 0.4) is 0 Å². The van der Waals surface area contributed by atoms with Gasteiger partial charge in [0.25, 0.3) is 0 Å². The summed E-state index contributed by atoms with van der Waals surface area (Å²) >= 11 is 0. The molecule has 30 heavy (non-hydrogen) atoms. The molecule has 2 saturated heterocycles. The maximum absolute atomic E-state index is 5.76. The predicted octanol–water partition coefficient (Wildman–Crippen LogP) is 4.18. The second-order valence-electron chi connectivity index (χ2n) is 7.72. The summed E-state index contributed by atoms with van der Waals surface area (Å²) in [4.78, 5) is 0. The van der Waals surface area contributed by atoms with Gasteiger partial charge in [-0.05, 0) is 61.0 Å². The lowest BCUT2D eigenvalue weighted by molar-refractivity contribution is 0.263. The van der Waals surface area contributed by atoms with Crippen LogP contribution in [0.25, 0.3) is 22.5 Å². The van der Waals surface area contributed by atoms with Gasteiger partial charge in [-0.2, -0.15) is 5.10 Å². The van der Waals surface area contributed by atoms with Crippen molar-refractivity contribution in [3.8, 4) is 34.0 Å². The molecule has 2 aromatic carbocycles. The van der Waals surface area contributed by atoms with Gasteiger partial charge in [0, 0.05) is 17.7 Å². The molecule has 2 aliphatic rings. The zero-order valence-corrected chi connectivity index (χ0v) is 17.1. The Labute approximate surface area is 176 Å². The van der Waals surface area contributed by atoms with Crippen molar-refractivity contribution in [1.82, 2.24) is 9.78 Å². The highest BCUT2D eigenvalue weighted by atomic mass is 16.6. The Morgan fingerprint density at radius 1 is 0.867 bits per heavy atom. The summed E-state index contributed by atoms with van der Waals surface area (Å²) in [5, 5.41) is 4.86. The van der Waals surface area contributed by atoms with Gasteiger partial charge in [-0.3, -0.25) is 4.68 Å². The van der Waals surface area contributed by atoms with Crippen LogP contribution in [-0.4, -0.2) is 48.4 Å². The number of ether oxygens (including phenoxy) is 4. The summed E-state index contributed by atoms with van der Waals surface area (Å²) in [7, 11) is 0. The maximum Gasteiger partial charge on any atom is 0.119 e. The zero-order chi connectivity index (χ0) is 20.3. The van der Waals surface area contributed by atoms with E-state index in [1.165, 1.54) is 0 Å². The van der Waals surface area contributed by atoms with E-state index in [1.807, 2.05) is 24.3 Å². The van der Waals surface area contributed by atoms with Crippen LogP contribution in [0.15, 0.2) is 54.6 Å². The van der Waals surface area contributed by atoms with Crippen LogP contribution in [0.2, 0.25) is 0 Å². The Morgan fingerprint density at radius 3 is 1.90 bits per heavy atom. The van der Waals surface area contributed by atoms with Gasteiger partial charge < -0.3 is 18.9 Å². The van der Waals surface area contributed by atoms with Crippen LogP contribution in [0.4, 0.5) is 0 Å². The van der Waals surface area contributed by atoms with Crippen molar-refractivity contribution >= 4 is 0 Å². The van der Waals surface area contributed by atoms with Crippen LogP contribution >= 0.6 is 0 Å². The summed E-state index contributed by atoms with van der Waals surface area (Å²) in [5.41, 5.74) is 4.27. The number of aromatic nitrogens is 2. The van der Waals surface area contributed by atoms with E-state index in [1.54, 1.807) is 0 Å². The van der Waals surface area contributed by atoms with Crippen molar-refractivity contribution < 1.29 is 18.9 Å². The third-order valence-corrected chi connectivity index (χ3v) is 5.19. The monoisotopic (exact) mass is 406 g/mol. The molecule has 0 bridgehead atoms. The van der Waals surface area contributed by atoms with Crippen molar-refractivity contribution in [2.45, 2.75) is 32.1 Å². The summed E-state index contributed by atoms with van der Waals surface area (Å²) in [6, 6.07) is 18.5. The molecular formula is C24H26N2O4. The van der Waals surface area contributed by atoms with E-state index < -0.39 is 0 Å². The smallest absolute Gasteiger partial charge is 0.119 e. The number of nitrogens with zero attached hydrogens (tertiary/aromatic N) is 2. The van der Waals surface area contributed by atoms with Crippen LogP contribution in [0.5, 0.6) is 11.5 Å². The molecule has 0 amide bonds. The molecule has 0 aliphatic carbocycles.